The van der Waals surface area contributed by atoms with Crippen LogP contribution in [0, 0.1) is 0 Å². The van der Waals surface area contributed by atoms with Gasteiger partial charge < -0.3 is 14.2 Å². The van der Waals surface area contributed by atoms with E-state index in [1.54, 1.807) is 0 Å². The van der Waals surface area contributed by atoms with Gasteiger partial charge in [0.2, 0.25) is 0 Å². The monoisotopic (exact) mass is 809 g/mol. The molecule has 0 aromatic carbocycles. The molecule has 0 aromatic heterocycles. The molecule has 0 aromatic rings. The molecule has 0 bridgehead atoms. The van der Waals surface area contributed by atoms with E-state index in [1.807, 2.05) is 0 Å². The summed E-state index contributed by atoms with van der Waals surface area (Å²) in [4.78, 5) is 37.8. The smallest absolute Gasteiger partial charge is 0.306 e. The van der Waals surface area contributed by atoms with Gasteiger partial charge in [-0.3, -0.25) is 14.4 Å². The quantitative estimate of drug-likeness (QED) is 0.0264. The van der Waals surface area contributed by atoms with Gasteiger partial charge in [0.25, 0.3) is 0 Å². The fourth-order valence-corrected chi connectivity index (χ4v) is 6.41. The molecule has 0 saturated carbocycles. The van der Waals surface area contributed by atoms with Crippen molar-refractivity contribution in [3.05, 3.63) is 72.9 Å². The second kappa shape index (κ2) is 46.5. The van der Waals surface area contributed by atoms with Crippen molar-refractivity contribution in [1.29, 1.82) is 0 Å². The number of allylic oxidation sites excluding steroid dienone is 12. The van der Waals surface area contributed by atoms with E-state index >= 15 is 0 Å². The molecule has 6 nitrogen and oxygen atoms in total. The molecular weight excluding hydrogens is 721 g/mol. The molecule has 0 heterocycles. The van der Waals surface area contributed by atoms with Crippen LogP contribution in [0.25, 0.3) is 0 Å². The predicted molar refractivity (Wildman–Crippen MR) is 247 cm³/mol. The highest BCUT2D eigenvalue weighted by atomic mass is 16.6. The summed E-state index contributed by atoms with van der Waals surface area (Å²) >= 11 is 0. The van der Waals surface area contributed by atoms with Crippen molar-refractivity contribution < 1.29 is 28.6 Å². The van der Waals surface area contributed by atoms with Crippen molar-refractivity contribution in [1.82, 2.24) is 0 Å². The summed E-state index contributed by atoms with van der Waals surface area (Å²) in [6.07, 6.45) is 57.4. The fourth-order valence-electron chi connectivity index (χ4n) is 6.41. The van der Waals surface area contributed by atoms with E-state index in [4.69, 9.17) is 14.2 Å². The van der Waals surface area contributed by atoms with Gasteiger partial charge in [-0.15, -0.1) is 0 Å². The molecule has 0 aliphatic heterocycles. The molecule has 6 heteroatoms. The summed E-state index contributed by atoms with van der Waals surface area (Å²) in [5, 5.41) is 0. The van der Waals surface area contributed by atoms with E-state index < -0.39 is 6.10 Å². The Labute approximate surface area is 357 Å². The van der Waals surface area contributed by atoms with Crippen molar-refractivity contribution in [3.8, 4) is 0 Å². The Balaban J connectivity index is 4.44. The molecule has 0 aliphatic rings. The molecular formula is C52H88O6. The zero-order valence-electron chi connectivity index (χ0n) is 37.8. The highest BCUT2D eigenvalue weighted by molar-refractivity contribution is 5.71. The SMILES string of the molecule is CC/C=C\C/C=C\C/C=C\C/C=C\CCCCCC(=O)OCC(COC(=O)CCCCCCCCCCCCCC)OC(=O)CCCCCCC/C=C\C/C=C\CC. The zero-order valence-corrected chi connectivity index (χ0v) is 37.8. The third-order valence-corrected chi connectivity index (χ3v) is 9.96. The molecule has 0 spiro atoms. The molecule has 0 saturated heterocycles. The normalized spacial score (nSPS) is 12.7. The van der Waals surface area contributed by atoms with Crippen LogP contribution in [0.4, 0.5) is 0 Å². The number of rotatable bonds is 42. The Hall–Kier alpha value is -3.15. The summed E-state index contributed by atoms with van der Waals surface area (Å²) in [6, 6.07) is 0. The summed E-state index contributed by atoms with van der Waals surface area (Å²) in [5.74, 6) is -0.941. The Morgan fingerprint density at radius 1 is 0.362 bits per heavy atom. The lowest BCUT2D eigenvalue weighted by molar-refractivity contribution is -0.167. The van der Waals surface area contributed by atoms with Crippen LogP contribution < -0.4 is 0 Å². The van der Waals surface area contributed by atoms with Crippen LogP contribution in [-0.4, -0.2) is 37.2 Å². The lowest BCUT2D eigenvalue weighted by Gasteiger charge is -2.18. The molecule has 0 aliphatic carbocycles. The summed E-state index contributed by atoms with van der Waals surface area (Å²) in [6.45, 7) is 6.36. The molecule has 58 heavy (non-hydrogen) atoms. The van der Waals surface area contributed by atoms with E-state index in [0.29, 0.717) is 19.3 Å². The van der Waals surface area contributed by atoms with Crippen molar-refractivity contribution in [2.75, 3.05) is 13.2 Å². The Morgan fingerprint density at radius 3 is 1.07 bits per heavy atom. The minimum absolute atomic E-state index is 0.0905. The first-order valence-electron chi connectivity index (χ1n) is 23.9. The first-order chi connectivity index (χ1) is 28.5. The van der Waals surface area contributed by atoms with Gasteiger partial charge in [0.1, 0.15) is 13.2 Å². The average Bonchev–Trinajstić information content (AvgIpc) is 3.22. The maximum absolute atomic E-state index is 12.7. The highest BCUT2D eigenvalue weighted by Gasteiger charge is 2.19. The van der Waals surface area contributed by atoms with Gasteiger partial charge in [-0.25, -0.2) is 0 Å². The van der Waals surface area contributed by atoms with Crippen molar-refractivity contribution in [2.45, 2.75) is 226 Å². The Kier molecular flexibility index (Phi) is 44.0. The number of unbranched alkanes of at least 4 members (excludes halogenated alkanes) is 19. The molecule has 332 valence electrons. The second-order valence-corrected chi connectivity index (χ2v) is 15.6. The average molecular weight is 809 g/mol. The third-order valence-electron chi connectivity index (χ3n) is 9.96. The lowest BCUT2D eigenvalue weighted by Crippen LogP contribution is -2.30. The van der Waals surface area contributed by atoms with Crippen LogP contribution in [0.2, 0.25) is 0 Å². The molecule has 0 amide bonds. The van der Waals surface area contributed by atoms with Crippen molar-refractivity contribution >= 4 is 17.9 Å². The highest BCUT2D eigenvalue weighted by Crippen LogP contribution is 2.14. The first-order valence-corrected chi connectivity index (χ1v) is 23.9. The van der Waals surface area contributed by atoms with E-state index in [9.17, 15) is 14.4 Å². The van der Waals surface area contributed by atoms with Gasteiger partial charge in [-0.2, -0.15) is 0 Å². The third kappa shape index (κ3) is 44.0. The largest absolute Gasteiger partial charge is 0.462 e. The number of esters is 3. The summed E-state index contributed by atoms with van der Waals surface area (Å²) in [5.41, 5.74) is 0. The molecule has 0 N–H and O–H groups in total. The predicted octanol–water partition coefficient (Wildman–Crippen LogP) is 15.5. The van der Waals surface area contributed by atoms with Gasteiger partial charge in [-0.1, -0.05) is 190 Å². The van der Waals surface area contributed by atoms with Gasteiger partial charge in [0.05, 0.1) is 0 Å². The number of hydrogen-bond donors (Lipinski definition) is 0. The standard InChI is InChI=1S/C52H88O6/c1-4-7-10-13-16-19-22-25-26-27-28-31-33-36-39-42-45-51(54)57-48-49(58-52(55)46-43-40-37-34-30-24-21-18-15-12-9-6-3)47-56-50(53)44-41-38-35-32-29-23-20-17-14-11-8-5-2/h7,9-10,12,16,18-19,21,25-26,28,31,49H,4-6,8,11,13-15,17,20,22-24,27,29-30,32-48H2,1-3H3/b10-7-,12-9-,19-16-,21-18-,26-25-,31-28-. The van der Waals surface area contributed by atoms with Crippen LogP contribution in [-0.2, 0) is 28.6 Å². The Bertz CT molecular complexity index is 1110. The van der Waals surface area contributed by atoms with Gasteiger partial charge >= 0.3 is 17.9 Å². The molecule has 0 rings (SSSR count). The van der Waals surface area contributed by atoms with E-state index in [2.05, 4.69) is 93.7 Å². The first kappa shape index (κ1) is 54.9. The van der Waals surface area contributed by atoms with Crippen LogP contribution in [0.5, 0.6) is 0 Å². The lowest BCUT2D eigenvalue weighted by atomic mass is 10.0. The fraction of sp³-hybridized carbons (Fsp3) is 0.712. The molecule has 1 unspecified atom stereocenters. The van der Waals surface area contributed by atoms with Crippen molar-refractivity contribution in [3.63, 3.8) is 0 Å². The van der Waals surface area contributed by atoms with Gasteiger partial charge in [0.15, 0.2) is 6.10 Å². The topological polar surface area (TPSA) is 78.9 Å². The molecule has 1 atom stereocenters. The second-order valence-electron chi connectivity index (χ2n) is 15.6. The summed E-state index contributed by atoms with van der Waals surface area (Å²) < 4.78 is 16.7. The van der Waals surface area contributed by atoms with Gasteiger partial charge in [0, 0.05) is 19.3 Å². The molecule has 0 radical (unpaired) electrons. The zero-order chi connectivity index (χ0) is 42.3. The van der Waals surface area contributed by atoms with E-state index in [-0.39, 0.29) is 31.1 Å². The van der Waals surface area contributed by atoms with E-state index in [0.717, 1.165) is 122 Å². The van der Waals surface area contributed by atoms with Crippen molar-refractivity contribution in [2.24, 2.45) is 0 Å². The van der Waals surface area contributed by atoms with E-state index in [1.165, 1.54) is 57.8 Å². The van der Waals surface area contributed by atoms with Crippen LogP contribution in [0.1, 0.15) is 220 Å². The van der Waals surface area contributed by atoms with Crippen LogP contribution in [0.15, 0.2) is 72.9 Å². The molecule has 0 fully saturated rings. The minimum atomic E-state index is -0.792. The van der Waals surface area contributed by atoms with Crippen LogP contribution >= 0.6 is 0 Å². The number of ether oxygens (including phenoxy) is 3. The maximum atomic E-state index is 12.7. The van der Waals surface area contributed by atoms with Gasteiger partial charge in [-0.05, 0) is 83.5 Å². The van der Waals surface area contributed by atoms with Crippen LogP contribution in [0.3, 0.4) is 0 Å². The minimum Gasteiger partial charge on any atom is -0.462 e. The summed E-state index contributed by atoms with van der Waals surface area (Å²) in [7, 11) is 0. The number of carbonyl (C=O) groups is 3. The Morgan fingerprint density at radius 2 is 0.672 bits per heavy atom. The number of carbonyl (C=O) groups excluding carboxylic acids is 3. The maximum Gasteiger partial charge on any atom is 0.306 e. The number of hydrogen-bond acceptors (Lipinski definition) is 6.